The third-order valence-electron chi connectivity index (χ3n) is 7.93. The van der Waals surface area contributed by atoms with E-state index in [0.29, 0.717) is 6.61 Å². The Morgan fingerprint density at radius 1 is 0.773 bits per heavy atom. The molecular formula is C37H36N2O3S2. The number of thioether (sulfide) groups is 2. The molecule has 4 aromatic carbocycles. The summed E-state index contributed by atoms with van der Waals surface area (Å²) in [6.07, 6.45) is 1.58. The van der Waals surface area contributed by atoms with E-state index in [9.17, 15) is 9.90 Å². The number of hydrogen-bond donors (Lipinski definition) is 1. The minimum absolute atomic E-state index is 0.0998. The van der Waals surface area contributed by atoms with Gasteiger partial charge in [0, 0.05) is 33.5 Å². The van der Waals surface area contributed by atoms with Gasteiger partial charge in [0.15, 0.2) is 0 Å². The van der Waals surface area contributed by atoms with Gasteiger partial charge in [-0.05, 0) is 65.9 Å². The number of esters is 1. The summed E-state index contributed by atoms with van der Waals surface area (Å²) in [7, 11) is 0. The van der Waals surface area contributed by atoms with Crippen molar-refractivity contribution >= 4 is 40.5 Å². The lowest BCUT2D eigenvalue weighted by Gasteiger charge is -2.32. The molecule has 1 atom stereocenters. The van der Waals surface area contributed by atoms with Gasteiger partial charge in [0.2, 0.25) is 0 Å². The number of carbonyl (C=O) groups is 1. The average molecular weight is 621 g/mol. The first kappa shape index (κ1) is 30.4. The van der Waals surface area contributed by atoms with Gasteiger partial charge in [0.1, 0.15) is 0 Å². The third-order valence-corrected chi connectivity index (χ3v) is 10.1. The van der Waals surface area contributed by atoms with Crippen LogP contribution in [-0.2, 0) is 14.9 Å². The Morgan fingerprint density at radius 2 is 1.34 bits per heavy atom. The molecule has 0 spiro atoms. The molecule has 44 heavy (non-hydrogen) atoms. The van der Waals surface area contributed by atoms with Gasteiger partial charge in [0.25, 0.3) is 0 Å². The van der Waals surface area contributed by atoms with Crippen molar-refractivity contribution in [2.24, 2.45) is 5.92 Å². The lowest BCUT2D eigenvalue weighted by atomic mass is 9.69. The first-order chi connectivity index (χ1) is 21.5. The van der Waals surface area contributed by atoms with E-state index in [0.717, 1.165) is 63.5 Å². The predicted molar refractivity (Wildman–Crippen MR) is 180 cm³/mol. The van der Waals surface area contributed by atoms with Gasteiger partial charge < -0.3 is 9.84 Å². The number of fused-ring (bicyclic) bond motifs is 4. The number of aliphatic hydroxyl groups is 1. The number of para-hydroxylation sites is 2. The molecule has 0 amide bonds. The normalized spacial score (nSPS) is 15.4. The van der Waals surface area contributed by atoms with Gasteiger partial charge in [-0.1, -0.05) is 74.5 Å². The fourth-order valence-corrected chi connectivity index (χ4v) is 7.45. The van der Waals surface area contributed by atoms with E-state index < -0.39 is 5.41 Å². The minimum atomic E-state index is -0.633. The Bertz CT molecular complexity index is 1760. The van der Waals surface area contributed by atoms with Crippen molar-refractivity contribution in [1.29, 1.82) is 0 Å². The standard InChI is InChI=1S/C37H36N2O3S2/c1-25(2)36(41)42-22-8-24-44-29-19-15-27(16-20-29)37(26-13-17-28(18-14-26)43-23-7-21-40)31-10-4-3-9-30(31)34-35(37)39-33-12-6-5-11-32(33)38-34/h3-6,9-20,25,40H,7-8,21-24H2,1-2H3. The summed E-state index contributed by atoms with van der Waals surface area (Å²) in [4.78, 5) is 24.6. The van der Waals surface area contributed by atoms with E-state index in [1.807, 2.05) is 38.1 Å². The fraction of sp³-hybridized carbons (Fsp3) is 0.270. The Labute approximate surface area is 267 Å². The first-order valence-corrected chi connectivity index (χ1v) is 17.1. The second-order valence-corrected chi connectivity index (χ2v) is 13.5. The van der Waals surface area contributed by atoms with E-state index in [-0.39, 0.29) is 18.5 Å². The zero-order valence-electron chi connectivity index (χ0n) is 25.0. The topological polar surface area (TPSA) is 72.3 Å². The second-order valence-electron chi connectivity index (χ2n) is 11.2. The van der Waals surface area contributed by atoms with Crippen LogP contribution in [0.3, 0.4) is 0 Å². The maximum atomic E-state index is 11.8. The van der Waals surface area contributed by atoms with Crippen LogP contribution in [0.4, 0.5) is 0 Å². The lowest BCUT2D eigenvalue weighted by molar-refractivity contribution is -0.147. The zero-order chi connectivity index (χ0) is 30.5. The van der Waals surface area contributed by atoms with Crippen molar-refractivity contribution in [3.8, 4) is 11.3 Å². The minimum Gasteiger partial charge on any atom is -0.465 e. The molecule has 0 saturated carbocycles. The number of carbonyl (C=O) groups excluding carboxylic acids is 1. The highest BCUT2D eigenvalue weighted by atomic mass is 32.2. The molecule has 1 heterocycles. The molecule has 1 aromatic heterocycles. The molecule has 6 rings (SSSR count). The van der Waals surface area contributed by atoms with E-state index in [1.165, 1.54) is 15.4 Å². The van der Waals surface area contributed by atoms with Gasteiger partial charge in [-0.25, -0.2) is 9.97 Å². The third kappa shape index (κ3) is 5.88. The Kier molecular flexibility index (Phi) is 9.36. The van der Waals surface area contributed by atoms with Crippen LogP contribution in [-0.4, -0.2) is 45.8 Å². The van der Waals surface area contributed by atoms with Gasteiger partial charge in [-0.2, -0.15) is 0 Å². The maximum absolute atomic E-state index is 11.8. The summed E-state index contributed by atoms with van der Waals surface area (Å²) >= 11 is 3.53. The molecular weight excluding hydrogens is 585 g/mol. The zero-order valence-corrected chi connectivity index (χ0v) is 26.7. The molecule has 0 fully saturated rings. The molecule has 0 bridgehead atoms. The Hall–Kier alpha value is -3.65. The summed E-state index contributed by atoms with van der Waals surface area (Å²) in [5.74, 6) is 1.50. The van der Waals surface area contributed by atoms with Crippen LogP contribution in [0.15, 0.2) is 107 Å². The van der Waals surface area contributed by atoms with Crippen molar-refractivity contribution in [2.75, 3.05) is 24.7 Å². The van der Waals surface area contributed by atoms with Crippen LogP contribution in [0.25, 0.3) is 22.3 Å². The van der Waals surface area contributed by atoms with E-state index in [1.54, 1.807) is 23.5 Å². The van der Waals surface area contributed by atoms with Gasteiger partial charge in [-0.15, -0.1) is 23.5 Å². The highest BCUT2D eigenvalue weighted by Crippen LogP contribution is 2.55. The lowest BCUT2D eigenvalue weighted by Crippen LogP contribution is -2.29. The monoisotopic (exact) mass is 620 g/mol. The molecule has 0 radical (unpaired) electrons. The molecule has 0 saturated heterocycles. The van der Waals surface area contributed by atoms with Crippen LogP contribution in [0.2, 0.25) is 0 Å². The van der Waals surface area contributed by atoms with Gasteiger partial charge >= 0.3 is 5.97 Å². The molecule has 1 aliphatic rings. The molecule has 1 N–H and O–H groups in total. The predicted octanol–water partition coefficient (Wildman–Crippen LogP) is 8.15. The van der Waals surface area contributed by atoms with Gasteiger partial charge in [0.05, 0.1) is 40.4 Å². The average Bonchev–Trinajstić information content (AvgIpc) is 3.34. The number of rotatable bonds is 12. The molecule has 5 nitrogen and oxygen atoms in total. The Balaban J connectivity index is 1.40. The quantitative estimate of drug-likeness (QED) is 0.0841. The van der Waals surface area contributed by atoms with Crippen molar-refractivity contribution < 1.29 is 14.6 Å². The van der Waals surface area contributed by atoms with Crippen molar-refractivity contribution in [2.45, 2.75) is 41.9 Å². The number of ether oxygens (including phenoxy) is 1. The summed E-state index contributed by atoms with van der Waals surface area (Å²) in [6, 6.07) is 34.3. The molecule has 1 aliphatic carbocycles. The number of aliphatic hydroxyl groups excluding tert-OH is 1. The van der Waals surface area contributed by atoms with E-state index in [2.05, 4.69) is 72.8 Å². The van der Waals surface area contributed by atoms with Crippen molar-refractivity contribution in [3.63, 3.8) is 0 Å². The van der Waals surface area contributed by atoms with Crippen LogP contribution in [0, 0.1) is 5.92 Å². The molecule has 224 valence electrons. The SMILES string of the molecule is CC(C)C(=O)OCCCSc1ccc(C2(c3ccc(SCCCO)cc3)c3ccccc3-c3nc4ccccc4nc32)cc1. The van der Waals surface area contributed by atoms with Crippen molar-refractivity contribution in [3.05, 3.63) is 119 Å². The summed E-state index contributed by atoms with van der Waals surface area (Å²) in [5, 5.41) is 9.24. The largest absolute Gasteiger partial charge is 0.465 e. The molecule has 5 aromatic rings. The highest BCUT2D eigenvalue weighted by Gasteiger charge is 2.48. The van der Waals surface area contributed by atoms with Crippen LogP contribution >= 0.6 is 23.5 Å². The highest BCUT2D eigenvalue weighted by molar-refractivity contribution is 7.99. The Morgan fingerprint density at radius 3 is 1.95 bits per heavy atom. The van der Waals surface area contributed by atoms with E-state index in [4.69, 9.17) is 14.7 Å². The van der Waals surface area contributed by atoms with Crippen LogP contribution in [0.5, 0.6) is 0 Å². The van der Waals surface area contributed by atoms with Crippen LogP contribution < -0.4 is 0 Å². The first-order valence-electron chi connectivity index (χ1n) is 15.1. The maximum Gasteiger partial charge on any atom is 0.308 e. The molecule has 1 unspecified atom stereocenters. The summed E-state index contributed by atoms with van der Waals surface area (Å²) < 4.78 is 5.35. The fourth-order valence-electron chi connectivity index (χ4n) is 5.79. The second kappa shape index (κ2) is 13.6. The van der Waals surface area contributed by atoms with Crippen molar-refractivity contribution in [1.82, 2.24) is 9.97 Å². The van der Waals surface area contributed by atoms with Gasteiger partial charge in [-0.3, -0.25) is 4.79 Å². The number of nitrogens with zero attached hydrogens (tertiary/aromatic N) is 2. The summed E-state index contributed by atoms with van der Waals surface area (Å²) in [5.41, 5.74) is 7.58. The smallest absolute Gasteiger partial charge is 0.308 e. The number of benzene rings is 4. The van der Waals surface area contributed by atoms with E-state index >= 15 is 0 Å². The molecule has 0 aliphatic heterocycles. The van der Waals surface area contributed by atoms with Crippen LogP contribution in [0.1, 0.15) is 49.1 Å². The number of aromatic nitrogens is 2. The number of hydrogen-bond acceptors (Lipinski definition) is 7. The molecule has 7 heteroatoms. The summed E-state index contributed by atoms with van der Waals surface area (Å²) in [6.45, 7) is 4.36.